The summed E-state index contributed by atoms with van der Waals surface area (Å²) in [5.74, 6) is 0.610. The third-order valence-corrected chi connectivity index (χ3v) is 4.02. The van der Waals surface area contributed by atoms with E-state index < -0.39 is 0 Å². The Hall–Kier alpha value is -2.34. The highest BCUT2D eigenvalue weighted by molar-refractivity contribution is 6.29. The number of nitrogens with zero attached hydrogens (tertiary/aromatic N) is 3. The lowest BCUT2D eigenvalue weighted by Gasteiger charge is -2.17. The van der Waals surface area contributed by atoms with Gasteiger partial charge in [0.2, 0.25) is 11.9 Å². The van der Waals surface area contributed by atoms with Crippen LogP contribution < -0.4 is 11.1 Å². The first kappa shape index (κ1) is 15.6. The van der Waals surface area contributed by atoms with Crippen LogP contribution in [0.25, 0.3) is 0 Å². The van der Waals surface area contributed by atoms with Crippen LogP contribution in [0, 0.1) is 6.92 Å². The van der Waals surface area contributed by atoms with Gasteiger partial charge in [-0.15, -0.1) is 0 Å². The van der Waals surface area contributed by atoms with Gasteiger partial charge in [0.1, 0.15) is 17.0 Å². The third-order valence-electron chi connectivity index (χ3n) is 3.83. The second kappa shape index (κ2) is 6.42. The molecule has 120 valence electrons. The van der Waals surface area contributed by atoms with Crippen LogP contribution in [0.2, 0.25) is 5.15 Å². The van der Waals surface area contributed by atoms with Crippen LogP contribution in [0.4, 0.5) is 11.8 Å². The molecule has 6 nitrogen and oxygen atoms in total. The molecular weight excluding hydrogens is 314 g/mol. The van der Waals surface area contributed by atoms with Crippen molar-refractivity contribution >= 4 is 29.3 Å². The van der Waals surface area contributed by atoms with Crippen molar-refractivity contribution in [1.82, 2.24) is 14.9 Å². The molecule has 1 atom stereocenters. The standard InChI is InChI=1S/C16H18ClN5O/c1-10-2-4-11(5-3-10)9-22-7-6-12(15(22)23)19-14-8-13(17)20-16(18)21-14/h2-5,8,12H,6-7,9H2,1H3,(H3,18,19,20,21). The van der Waals surface area contributed by atoms with E-state index in [4.69, 9.17) is 17.3 Å². The zero-order chi connectivity index (χ0) is 16.4. The first-order valence-corrected chi connectivity index (χ1v) is 7.80. The normalized spacial score (nSPS) is 17.6. The lowest BCUT2D eigenvalue weighted by Crippen LogP contribution is -2.33. The van der Waals surface area contributed by atoms with Crippen LogP contribution in [0.5, 0.6) is 0 Å². The molecule has 1 aliphatic heterocycles. The summed E-state index contributed by atoms with van der Waals surface area (Å²) >= 11 is 5.85. The highest BCUT2D eigenvalue weighted by Crippen LogP contribution is 2.20. The maximum absolute atomic E-state index is 12.5. The fourth-order valence-electron chi connectivity index (χ4n) is 2.63. The molecule has 3 N–H and O–H groups in total. The Bertz CT molecular complexity index is 699. The number of halogens is 1. The van der Waals surface area contributed by atoms with Gasteiger partial charge in [-0.3, -0.25) is 4.79 Å². The fourth-order valence-corrected chi connectivity index (χ4v) is 2.82. The Labute approximate surface area is 139 Å². The SMILES string of the molecule is Cc1ccc(CN2CCC(Nc3cc(Cl)nc(N)n3)C2=O)cc1. The molecule has 1 saturated heterocycles. The molecule has 0 spiro atoms. The number of likely N-dealkylation sites (tertiary alicyclic amines) is 1. The van der Waals surface area contributed by atoms with Gasteiger partial charge in [-0.05, 0) is 18.9 Å². The molecule has 1 unspecified atom stereocenters. The van der Waals surface area contributed by atoms with Crippen molar-refractivity contribution < 1.29 is 4.79 Å². The number of nitrogen functional groups attached to an aromatic ring is 1. The summed E-state index contributed by atoms with van der Waals surface area (Å²) in [7, 11) is 0. The molecule has 1 aliphatic rings. The number of anilines is 2. The molecule has 1 amide bonds. The molecule has 0 bridgehead atoms. The lowest BCUT2D eigenvalue weighted by atomic mass is 10.1. The Morgan fingerprint density at radius 3 is 2.78 bits per heavy atom. The molecule has 7 heteroatoms. The van der Waals surface area contributed by atoms with Gasteiger partial charge in [0.25, 0.3) is 0 Å². The zero-order valence-electron chi connectivity index (χ0n) is 12.8. The Balaban J connectivity index is 1.65. The van der Waals surface area contributed by atoms with Gasteiger partial charge in [0.05, 0.1) is 0 Å². The summed E-state index contributed by atoms with van der Waals surface area (Å²) in [5.41, 5.74) is 7.90. The maximum Gasteiger partial charge on any atom is 0.245 e. The molecule has 1 aromatic carbocycles. The number of aryl methyl sites for hydroxylation is 1. The van der Waals surface area contributed by atoms with Gasteiger partial charge >= 0.3 is 0 Å². The number of hydrogen-bond acceptors (Lipinski definition) is 5. The first-order chi connectivity index (χ1) is 11.0. The Morgan fingerprint density at radius 2 is 2.09 bits per heavy atom. The minimum absolute atomic E-state index is 0.0545. The van der Waals surface area contributed by atoms with E-state index in [0.717, 1.165) is 5.56 Å². The number of rotatable bonds is 4. The minimum atomic E-state index is -0.314. The summed E-state index contributed by atoms with van der Waals surface area (Å²) in [6, 6.07) is 9.45. The number of benzene rings is 1. The monoisotopic (exact) mass is 331 g/mol. The predicted molar refractivity (Wildman–Crippen MR) is 90.1 cm³/mol. The molecule has 2 heterocycles. The molecule has 1 aromatic heterocycles. The number of aromatic nitrogens is 2. The van der Waals surface area contributed by atoms with E-state index in [1.165, 1.54) is 5.56 Å². The molecular formula is C16H18ClN5O. The van der Waals surface area contributed by atoms with Gasteiger partial charge in [-0.2, -0.15) is 4.98 Å². The Morgan fingerprint density at radius 1 is 1.35 bits per heavy atom. The van der Waals surface area contributed by atoms with Crippen LogP contribution >= 0.6 is 11.6 Å². The van der Waals surface area contributed by atoms with E-state index in [-0.39, 0.29) is 23.1 Å². The van der Waals surface area contributed by atoms with Crippen molar-refractivity contribution in [1.29, 1.82) is 0 Å². The quantitative estimate of drug-likeness (QED) is 0.839. The van der Waals surface area contributed by atoms with Crippen molar-refractivity contribution in [3.63, 3.8) is 0 Å². The Kier molecular flexibility index (Phi) is 4.34. The number of carbonyl (C=O) groups excluding carboxylic acids is 1. The number of nitrogens with two attached hydrogens (primary N) is 1. The summed E-state index contributed by atoms with van der Waals surface area (Å²) in [6.07, 6.45) is 0.715. The van der Waals surface area contributed by atoms with Crippen molar-refractivity contribution in [2.45, 2.75) is 25.9 Å². The number of carbonyl (C=O) groups is 1. The number of hydrogen-bond donors (Lipinski definition) is 2. The van der Waals surface area contributed by atoms with Crippen molar-refractivity contribution in [2.24, 2.45) is 0 Å². The lowest BCUT2D eigenvalue weighted by molar-refractivity contribution is -0.128. The van der Waals surface area contributed by atoms with E-state index in [9.17, 15) is 4.79 Å². The summed E-state index contributed by atoms with van der Waals surface area (Å²) < 4.78 is 0. The second-order valence-electron chi connectivity index (χ2n) is 5.67. The smallest absolute Gasteiger partial charge is 0.245 e. The number of amides is 1. The molecule has 3 rings (SSSR count). The molecule has 0 radical (unpaired) electrons. The van der Waals surface area contributed by atoms with Crippen molar-refractivity contribution in [2.75, 3.05) is 17.6 Å². The van der Waals surface area contributed by atoms with Crippen LogP contribution in [0.1, 0.15) is 17.5 Å². The molecule has 2 aromatic rings. The van der Waals surface area contributed by atoms with Crippen molar-refractivity contribution in [3.8, 4) is 0 Å². The molecule has 1 fully saturated rings. The van der Waals surface area contributed by atoms with Crippen molar-refractivity contribution in [3.05, 3.63) is 46.6 Å². The third kappa shape index (κ3) is 3.71. The topological polar surface area (TPSA) is 84.1 Å². The molecule has 0 saturated carbocycles. The molecule has 23 heavy (non-hydrogen) atoms. The molecule has 0 aliphatic carbocycles. The maximum atomic E-state index is 12.5. The van der Waals surface area contributed by atoms with Gasteiger partial charge in [0.15, 0.2) is 0 Å². The predicted octanol–water partition coefficient (Wildman–Crippen LogP) is 2.23. The van der Waals surface area contributed by atoms with Crippen LogP contribution in [0.15, 0.2) is 30.3 Å². The largest absolute Gasteiger partial charge is 0.368 e. The summed E-state index contributed by atoms with van der Waals surface area (Å²) in [4.78, 5) is 22.2. The van der Waals surface area contributed by atoms with E-state index in [1.807, 2.05) is 24.0 Å². The van der Waals surface area contributed by atoms with Crippen LogP contribution in [-0.2, 0) is 11.3 Å². The van der Waals surface area contributed by atoms with Gasteiger partial charge in [-0.25, -0.2) is 4.98 Å². The van der Waals surface area contributed by atoms with Crippen LogP contribution in [-0.4, -0.2) is 33.4 Å². The van der Waals surface area contributed by atoms with Gasteiger partial charge < -0.3 is 16.0 Å². The zero-order valence-corrected chi connectivity index (χ0v) is 13.5. The fraction of sp³-hybridized carbons (Fsp3) is 0.312. The average Bonchev–Trinajstić information content (AvgIpc) is 2.82. The highest BCUT2D eigenvalue weighted by atomic mass is 35.5. The first-order valence-electron chi connectivity index (χ1n) is 7.42. The second-order valence-corrected chi connectivity index (χ2v) is 6.05. The summed E-state index contributed by atoms with van der Waals surface area (Å²) in [5, 5.41) is 3.34. The van der Waals surface area contributed by atoms with E-state index in [2.05, 4.69) is 27.4 Å². The highest BCUT2D eigenvalue weighted by Gasteiger charge is 2.31. The van der Waals surface area contributed by atoms with E-state index in [0.29, 0.717) is 25.3 Å². The number of nitrogens with one attached hydrogen (secondary N) is 1. The van der Waals surface area contributed by atoms with Gasteiger partial charge in [-0.1, -0.05) is 41.4 Å². The minimum Gasteiger partial charge on any atom is -0.368 e. The average molecular weight is 332 g/mol. The van der Waals surface area contributed by atoms with E-state index >= 15 is 0 Å². The van der Waals surface area contributed by atoms with Gasteiger partial charge in [0, 0.05) is 19.2 Å². The van der Waals surface area contributed by atoms with E-state index in [1.54, 1.807) is 6.07 Å². The van der Waals surface area contributed by atoms with Crippen LogP contribution in [0.3, 0.4) is 0 Å². The summed E-state index contributed by atoms with van der Waals surface area (Å²) in [6.45, 7) is 3.37.